The van der Waals surface area contributed by atoms with Crippen LogP contribution in [0.4, 0.5) is 0 Å². The monoisotopic (exact) mass is 152 g/mol. The number of carbonyl (C=O) groups is 1. The summed E-state index contributed by atoms with van der Waals surface area (Å²) >= 11 is 0. The zero-order valence-corrected chi connectivity index (χ0v) is 5.91. The molecule has 1 unspecified atom stereocenters. The molecule has 0 saturated carbocycles. The van der Waals surface area contributed by atoms with Crippen molar-refractivity contribution in [2.75, 3.05) is 6.16 Å². The van der Waals surface area contributed by atoms with Crippen LogP contribution in [0, 0.1) is 5.92 Å². The molecular weight excluding hydrogens is 143 g/mol. The van der Waals surface area contributed by atoms with Crippen LogP contribution in [0.2, 0.25) is 0 Å². The van der Waals surface area contributed by atoms with Crippen molar-refractivity contribution < 1.29 is 19.1 Å². The Morgan fingerprint density at radius 2 is 2.11 bits per heavy atom. The Morgan fingerprint density at radius 1 is 1.67 bits per heavy atom. The van der Waals surface area contributed by atoms with Crippen molar-refractivity contribution >= 4 is 13.9 Å². The third-order valence-corrected chi connectivity index (χ3v) is 1.81. The number of hydrogen-bond acceptors (Lipinski definition) is 2. The standard InChI is InChI=1S/C4H9O4P/c1-4(2-5)3-9(6,7)8/h2,4H,3H2,1H3,(H2,6,7,8). The van der Waals surface area contributed by atoms with Gasteiger partial charge in [0.1, 0.15) is 6.29 Å². The van der Waals surface area contributed by atoms with Gasteiger partial charge < -0.3 is 14.6 Å². The molecule has 0 heterocycles. The van der Waals surface area contributed by atoms with Crippen LogP contribution in [0.15, 0.2) is 0 Å². The molecule has 0 spiro atoms. The Bertz CT molecular complexity index is 138. The predicted molar refractivity (Wildman–Crippen MR) is 32.1 cm³/mol. The highest BCUT2D eigenvalue weighted by molar-refractivity contribution is 7.51. The highest BCUT2D eigenvalue weighted by atomic mass is 31.2. The highest BCUT2D eigenvalue weighted by Gasteiger charge is 2.16. The zero-order valence-electron chi connectivity index (χ0n) is 5.02. The lowest BCUT2D eigenvalue weighted by Crippen LogP contribution is -2.02. The zero-order chi connectivity index (χ0) is 7.49. The van der Waals surface area contributed by atoms with Crippen LogP contribution in [-0.4, -0.2) is 22.2 Å². The summed E-state index contributed by atoms with van der Waals surface area (Å²) in [5, 5.41) is 0. The normalized spacial score (nSPS) is 15.0. The molecule has 54 valence electrons. The van der Waals surface area contributed by atoms with Gasteiger partial charge in [-0.1, -0.05) is 6.92 Å². The van der Waals surface area contributed by atoms with Crippen LogP contribution < -0.4 is 0 Å². The summed E-state index contributed by atoms with van der Waals surface area (Å²) in [6.07, 6.45) is 0.176. The van der Waals surface area contributed by atoms with E-state index in [1.54, 1.807) is 0 Å². The van der Waals surface area contributed by atoms with E-state index in [-0.39, 0.29) is 6.16 Å². The summed E-state index contributed by atoms with van der Waals surface area (Å²) in [6.45, 7) is 1.46. The number of aldehydes is 1. The van der Waals surface area contributed by atoms with Crippen molar-refractivity contribution in [3.63, 3.8) is 0 Å². The van der Waals surface area contributed by atoms with Gasteiger partial charge in [-0.05, 0) is 0 Å². The van der Waals surface area contributed by atoms with Crippen molar-refractivity contribution in [3.8, 4) is 0 Å². The second kappa shape index (κ2) is 3.11. The van der Waals surface area contributed by atoms with Crippen molar-refractivity contribution in [2.24, 2.45) is 5.92 Å². The van der Waals surface area contributed by atoms with E-state index in [0.29, 0.717) is 6.29 Å². The first kappa shape index (κ1) is 8.82. The molecule has 0 aliphatic heterocycles. The molecule has 9 heavy (non-hydrogen) atoms. The molecule has 0 radical (unpaired) electrons. The lowest BCUT2D eigenvalue weighted by molar-refractivity contribution is -0.110. The van der Waals surface area contributed by atoms with E-state index in [4.69, 9.17) is 9.79 Å². The van der Waals surface area contributed by atoms with E-state index in [9.17, 15) is 9.36 Å². The number of carbonyl (C=O) groups excluding carboxylic acids is 1. The summed E-state index contributed by atoms with van der Waals surface area (Å²) in [7, 11) is -3.97. The average molecular weight is 152 g/mol. The molecular formula is C4H9O4P. The fourth-order valence-electron chi connectivity index (χ4n) is 0.418. The first-order valence-corrected chi connectivity index (χ1v) is 4.25. The van der Waals surface area contributed by atoms with Gasteiger partial charge in [0.05, 0.1) is 6.16 Å². The third kappa shape index (κ3) is 5.69. The minimum absolute atomic E-state index is 0.351. The first-order valence-electron chi connectivity index (χ1n) is 2.45. The molecule has 4 nitrogen and oxygen atoms in total. The van der Waals surface area contributed by atoms with Crippen LogP contribution in [0.5, 0.6) is 0 Å². The fourth-order valence-corrected chi connectivity index (χ4v) is 1.25. The van der Waals surface area contributed by atoms with E-state index < -0.39 is 13.5 Å². The topological polar surface area (TPSA) is 74.6 Å². The van der Waals surface area contributed by atoms with E-state index in [1.165, 1.54) is 6.92 Å². The van der Waals surface area contributed by atoms with Crippen LogP contribution >= 0.6 is 7.60 Å². The number of hydrogen-bond donors (Lipinski definition) is 2. The Hall–Kier alpha value is -0.180. The van der Waals surface area contributed by atoms with Crippen LogP contribution in [-0.2, 0) is 9.36 Å². The second-order valence-corrected chi connectivity index (χ2v) is 3.66. The molecule has 0 fully saturated rings. The maximum atomic E-state index is 10.1. The molecule has 0 rings (SSSR count). The van der Waals surface area contributed by atoms with Crippen LogP contribution in [0.25, 0.3) is 0 Å². The maximum Gasteiger partial charge on any atom is 0.326 e. The van der Waals surface area contributed by atoms with Gasteiger partial charge in [-0.2, -0.15) is 0 Å². The van der Waals surface area contributed by atoms with Crippen LogP contribution in [0.3, 0.4) is 0 Å². The molecule has 1 atom stereocenters. The highest BCUT2D eigenvalue weighted by Crippen LogP contribution is 2.35. The average Bonchev–Trinajstić information content (AvgIpc) is 1.62. The molecule has 0 bridgehead atoms. The van der Waals surface area contributed by atoms with Crippen molar-refractivity contribution in [1.82, 2.24) is 0 Å². The van der Waals surface area contributed by atoms with Gasteiger partial charge in [-0.25, -0.2) is 0 Å². The van der Waals surface area contributed by atoms with Gasteiger partial charge in [-0.15, -0.1) is 0 Å². The Morgan fingerprint density at radius 3 is 2.22 bits per heavy atom. The fraction of sp³-hybridized carbons (Fsp3) is 0.750. The van der Waals surface area contributed by atoms with Gasteiger partial charge in [0.2, 0.25) is 0 Å². The second-order valence-electron chi connectivity index (χ2n) is 1.96. The van der Waals surface area contributed by atoms with Crippen molar-refractivity contribution in [1.29, 1.82) is 0 Å². The van der Waals surface area contributed by atoms with Gasteiger partial charge in [-0.3, -0.25) is 4.57 Å². The summed E-state index contributed by atoms with van der Waals surface area (Å²) in [4.78, 5) is 26.4. The molecule has 0 aromatic rings. The van der Waals surface area contributed by atoms with Gasteiger partial charge >= 0.3 is 7.60 Å². The SMILES string of the molecule is CC(C=O)CP(=O)(O)O. The molecule has 0 aliphatic rings. The summed E-state index contributed by atoms with van der Waals surface area (Å²) in [5.41, 5.74) is 0. The Labute approximate surface area is 53.0 Å². The van der Waals surface area contributed by atoms with Crippen molar-refractivity contribution in [2.45, 2.75) is 6.92 Å². The smallest absolute Gasteiger partial charge is 0.324 e. The van der Waals surface area contributed by atoms with E-state index in [2.05, 4.69) is 0 Å². The Kier molecular flexibility index (Phi) is 3.04. The summed E-state index contributed by atoms with van der Waals surface area (Å²) < 4.78 is 10.1. The minimum Gasteiger partial charge on any atom is -0.324 e. The molecule has 5 heteroatoms. The van der Waals surface area contributed by atoms with Gasteiger partial charge in [0.15, 0.2) is 0 Å². The van der Waals surface area contributed by atoms with Crippen molar-refractivity contribution in [3.05, 3.63) is 0 Å². The van der Waals surface area contributed by atoms with E-state index >= 15 is 0 Å². The predicted octanol–water partition coefficient (Wildman–Crippen LogP) is -0.000900. The molecule has 0 aliphatic carbocycles. The quantitative estimate of drug-likeness (QED) is 0.441. The first-order chi connectivity index (χ1) is 3.95. The van der Waals surface area contributed by atoms with Crippen LogP contribution in [0.1, 0.15) is 6.92 Å². The summed E-state index contributed by atoms with van der Waals surface area (Å²) in [6, 6.07) is 0. The van der Waals surface area contributed by atoms with Gasteiger partial charge in [0.25, 0.3) is 0 Å². The molecule has 0 aromatic carbocycles. The number of rotatable bonds is 3. The molecule has 0 saturated heterocycles. The molecule has 0 aromatic heterocycles. The van der Waals surface area contributed by atoms with E-state index in [0.717, 1.165) is 0 Å². The maximum absolute atomic E-state index is 10.1. The lowest BCUT2D eigenvalue weighted by Gasteiger charge is -2.03. The third-order valence-electron chi connectivity index (χ3n) is 0.758. The summed E-state index contributed by atoms with van der Waals surface area (Å²) in [5.74, 6) is -0.550. The Balaban J connectivity index is 3.74. The molecule has 2 N–H and O–H groups in total. The largest absolute Gasteiger partial charge is 0.326 e. The molecule has 0 amide bonds. The van der Waals surface area contributed by atoms with Gasteiger partial charge in [0, 0.05) is 5.92 Å². The minimum atomic E-state index is -3.97. The lowest BCUT2D eigenvalue weighted by atomic mass is 10.3. The van der Waals surface area contributed by atoms with E-state index in [1.807, 2.05) is 0 Å².